The van der Waals surface area contributed by atoms with E-state index in [0.717, 1.165) is 5.01 Å². The molecule has 132 valence electrons. The number of hydrogen-bond donors (Lipinski definition) is 2. The Morgan fingerprint density at radius 1 is 1.35 bits per heavy atom. The highest BCUT2D eigenvalue weighted by atomic mass is 16.6. The molecule has 0 aromatic heterocycles. The lowest BCUT2D eigenvalue weighted by Crippen LogP contribution is -2.54. The van der Waals surface area contributed by atoms with E-state index in [0.29, 0.717) is 13.0 Å². The van der Waals surface area contributed by atoms with Crippen LogP contribution in [0.15, 0.2) is 0 Å². The summed E-state index contributed by atoms with van der Waals surface area (Å²) < 4.78 is 10.5. The minimum absolute atomic E-state index is 0.116. The van der Waals surface area contributed by atoms with Crippen molar-refractivity contribution in [2.75, 3.05) is 33.9 Å². The van der Waals surface area contributed by atoms with Gasteiger partial charge in [-0.05, 0) is 27.2 Å². The Kier molecular flexibility index (Phi) is 5.81. The Morgan fingerprint density at radius 3 is 2.43 bits per heavy atom. The SMILES string of the molecule is COCC1(C(=O)NN(C)C(N)=O)CCN(C(=O)OC(C)(C)C)C1. The first-order valence-electron chi connectivity index (χ1n) is 7.32. The van der Waals surface area contributed by atoms with Gasteiger partial charge in [0.05, 0.1) is 12.0 Å². The number of nitrogens with one attached hydrogen (secondary N) is 1. The Balaban J connectivity index is 2.82. The second kappa shape index (κ2) is 7.03. The van der Waals surface area contributed by atoms with E-state index in [2.05, 4.69) is 5.43 Å². The number of carbonyl (C=O) groups is 3. The monoisotopic (exact) mass is 330 g/mol. The van der Waals surface area contributed by atoms with Crippen molar-refractivity contribution in [2.45, 2.75) is 32.8 Å². The van der Waals surface area contributed by atoms with Crippen molar-refractivity contribution in [3.05, 3.63) is 0 Å². The van der Waals surface area contributed by atoms with Crippen LogP contribution in [0.5, 0.6) is 0 Å². The maximum atomic E-state index is 12.5. The molecule has 0 spiro atoms. The van der Waals surface area contributed by atoms with Crippen LogP contribution in [0.3, 0.4) is 0 Å². The zero-order valence-corrected chi connectivity index (χ0v) is 14.3. The van der Waals surface area contributed by atoms with E-state index in [9.17, 15) is 14.4 Å². The smallest absolute Gasteiger partial charge is 0.410 e. The fraction of sp³-hybridized carbons (Fsp3) is 0.786. The molecule has 1 saturated heterocycles. The van der Waals surface area contributed by atoms with Crippen LogP contribution in [-0.2, 0) is 14.3 Å². The summed E-state index contributed by atoms with van der Waals surface area (Å²) in [4.78, 5) is 37.2. The molecule has 1 unspecified atom stereocenters. The normalized spacial score (nSPS) is 21.0. The molecule has 0 bridgehead atoms. The predicted molar refractivity (Wildman–Crippen MR) is 82.2 cm³/mol. The maximum Gasteiger partial charge on any atom is 0.410 e. The average Bonchev–Trinajstić information content (AvgIpc) is 2.82. The first-order valence-corrected chi connectivity index (χ1v) is 7.32. The molecular weight excluding hydrogens is 304 g/mol. The van der Waals surface area contributed by atoms with E-state index in [1.807, 2.05) is 0 Å². The molecule has 0 aromatic rings. The van der Waals surface area contributed by atoms with E-state index in [1.54, 1.807) is 20.8 Å². The Labute approximate surface area is 136 Å². The molecular formula is C14H26N4O5. The number of likely N-dealkylation sites (tertiary alicyclic amines) is 1. The molecule has 9 heteroatoms. The van der Waals surface area contributed by atoms with Crippen molar-refractivity contribution >= 4 is 18.0 Å². The zero-order valence-electron chi connectivity index (χ0n) is 14.3. The van der Waals surface area contributed by atoms with Gasteiger partial charge in [0.25, 0.3) is 0 Å². The van der Waals surface area contributed by atoms with Gasteiger partial charge in [0, 0.05) is 27.2 Å². The van der Waals surface area contributed by atoms with Crippen LogP contribution in [0, 0.1) is 5.41 Å². The van der Waals surface area contributed by atoms with Crippen LogP contribution < -0.4 is 11.2 Å². The van der Waals surface area contributed by atoms with Crippen LogP contribution in [-0.4, -0.2) is 67.4 Å². The quantitative estimate of drug-likeness (QED) is 0.722. The third-order valence-electron chi connectivity index (χ3n) is 3.51. The lowest BCUT2D eigenvalue weighted by Gasteiger charge is -2.30. The van der Waals surface area contributed by atoms with Gasteiger partial charge in [0.15, 0.2) is 0 Å². The van der Waals surface area contributed by atoms with Crippen LogP contribution in [0.2, 0.25) is 0 Å². The molecule has 0 saturated carbocycles. The number of nitrogens with two attached hydrogens (primary N) is 1. The van der Waals surface area contributed by atoms with Gasteiger partial charge in [-0.1, -0.05) is 0 Å². The molecule has 4 amide bonds. The molecule has 1 aliphatic rings. The van der Waals surface area contributed by atoms with Gasteiger partial charge in [0.2, 0.25) is 5.91 Å². The van der Waals surface area contributed by atoms with Gasteiger partial charge in [-0.25, -0.2) is 14.6 Å². The Morgan fingerprint density at radius 2 is 1.96 bits per heavy atom. The van der Waals surface area contributed by atoms with Crippen molar-refractivity contribution in [3.8, 4) is 0 Å². The van der Waals surface area contributed by atoms with Crippen LogP contribution >= 0.6 is 0 Å². The Hall–Kier alpha value is -2.03. The number of ether oxygens (including phenoxy) is 2. The topological polar surface area (TPSA) is 114 Å². The van der Waals surface area contributed by atoms with Gasteiger partial charge in [-0.15, -0.1) is 0 Å². The van der Waals surface area contributed by atoms with Crippen molar-refractivity contribution < 1.29 is 23.9 Å². The molecule has 9 nitrogen and oxygen atoms in total. The molecule has 3 N–H and O–H groups in total. The number of rotatable bonds is 3. The number of methoxy groups -OCH3 is 1. The summed E-state index contributed by atoms with van der Waals surface area (Å²) in [5, 5.41) is 0.899. The van der Waals surface area contributed by atoms with Crippen molar-refractivity contribution in [1.82, 2.24) is 15.3 Å². The zero-order chi connectivity index (χ0) is 17.8. The van der Waals surface area contributed by atoms with Gasteiger partial charge < -0.3 is 20.1 Å². The number of primary amides is 1. The number of hydrazine groups is 1. The average molecular weight is 330 g/mol. The van der Waals surface area contributed by atoms with Crippen molar-refractivity contribution in [3.63, 3.8) is 0 Å². The summed E-state index contributed by atoms with van der Waals surface area (Å²) in [6.45, 7) is 5.96. The highest BCUT2D eigenvalue weighted by Gasteiger charge is 2.47. The van der Waals surface area contributed by atoms with E-state index < -0.39 is 29.0 Å². The first kappa shape index (κ1) is 19.0. The van der Waals surface area contributed by atoms with E-state index in [4.69, 9.17) is 15.2 Å². The summed E-state index contributed by atoms with van der Waals surface area (Å²) in [7, 11) is 2.82. The summed E-state index contributed by atoms with van der Waals surface area (Å²) in [6.07, 6.45) is -0.0788. The van der Waals surface area contributed by atoms with Gasteiger partial charge in [-0.2, -0.15) is 0 Å². The first-order chi connectivity index (χ1) is 10.5. The fourth-order valence-corrected chi connectivity index (χ4v) is 2.33. The van der Waals surface area contributed by atoms with E-state index in [-0.39, 0.29) is 13.2 Å². The van der Waals surface area contributed by atoms with Gasteiger partial charge in [0.1, 0.15) is 5.60 Å². The largest absolute Gasteiger partial charge is 0.444 e. The summed E-state index contributed by atoms with van der Waals surface area (Å²) in [6, 6.07) is -0.784. The van der Waals surface area contributed by atoms with Crippen LogP contribution in [0.25, 0.3) is 0 Å². The molecule has 1 atom stereocenters. The number of carbonyl (C=O) groups excluding carboxylic acids is 3. The summed E-state index contributed by atoms with van der Waals surface area (Å²) >= 11 is 0. The molecule has 0 radical (unpaired) electrons. The Bertz CT molecular complexity index is 476. The van der Waals surface area contributed by atoms with Gasteiger partial charge in [-0.3, -0.25) is 10.2 Å². The third-order valence-corrected chi connectivity index (χ3v) is 3.51. The highest BCUT2D eigenvalue weighted by Crippen LogP contribution is 2.32. The lowest BCUT2D eigenvalue weighted by molar-refractivity contribution is -0.136. The minimum Gasteiger partial charge on any atom is -0.444 e. The van der Waals surface area contributed by atoms with Crippen molar-refractivity contribution in [2.24, 2.45) is 11.1 Å². The summed E-state index contributed by atoms with van der Waals surface area (Å²) in [5.74, 6) is -0.424. The lowest BCUT2D eigenvalue weighted by atomic mass is 9.87. The number of amides is 4. The van der Waals surface area contributed by atoms with Crippen LogP contribution in [0.4, 0.5) is 9.59 Å². The molecule has 0 aliphatic carbocycles. The van der Waals surface area contributed by atoms with Gasteiger partial charge >= 0.3 is 12.1 Å². The third kappa shape index (κ3) is 4.98. The molecule has 1 rings (SSSR count). The number of nitrogens with zero attached hydrogens (tertiary/aromatic N) is 2. The predicted octanol–water partition coefficient (Wildman–Crippen LogP) is 0.302. The minimum atomic E-state index is -0.949. The second-order valence-corrected chi connectivity index (χ2v) is 6.70. The molecule has 1 aliphatic heterocycles. The molecule has 23 heavy (non-hydrogen) atoms. The number of hydrogen-bond acceptors (Lipinski definition) is 5. The highest BCUT2D eigenvalue weighted by molar-refractivity contribution is 5.86. The van der Waals surface area contributed by atoms with Crippen LogP contribution in [0.1, 0.15) is 27.2 Å². The fourth-order valence-electron chi connectivity index (χ4n) is 2.33. The van der Waals surface area contributed by atoms with Crippen molar-refractivity contribution in [1.29, 1.82) is 0 Å². The summed E-state index contributed by atoms with van der Waals surface area (Å²) in [5.41, 5.74) is 5.96. The second-order valence-electron chi connectivity index (χ2n) is 6.70. The van der Waals surface area contributed by atoms with E-state index >= 15 is 0 Å². The molecule has 1 heterocycles. The molecule has 0 aromatic carbocycles. The number of urea groups is 1. The maximum absolute atomic E-state index is 12.5. The molecule has 1 fully saturated rings. The van der Waals surface area contributed by atoms with E-state index in [1.165, 1.54) is 19.1 Å². The standard InChI is InChI=1S/C14H26N4O5/c1-13(2,3)23-12(21)18-7-6-14(8-18,9-22-5)10(19)16-17(4)11(15)20/h6-9H2,1-5H3,(H2,15,20)(H,16,19).